The molecular formula is C14H16BrN5OS. The van der Waals surface area contributed by atoms with Gasteiger partial charge < -0.3 is 5.32 Å². The van der Waals surface area contributed by atoms with E-state index in [9.17, 15) is 4.79 Å². The highest BCUT2D eigenvalue weighted by atomic mass is 79.9. The van der Waals surface area contributed by atoms with E-state index in [1.807, 2.05) is 36.7 Å². The summed E-state index contributed by atoms with van der Waals surface area (Å²) in [4.78, 5) is 12.3. The second-order valence-electron chi connectivity index (χ2n) is 5.37. The van der Waals surface area contributed by atoms with Gasteiger partial charge in [0.1, 0.15) is 0 Å². The molecule has 0 saturated heterocycles. The number of rotatable bonds is 5. The number of halogens is 1. The predicted octanol–water partition coefficient (Wildman–Crippen LogP) is 3.20. The molecule has 1 unspecified atom stereocenters. The Balaban J connectivity index is 1.65. The van der Waals surface area contributed by atoms with Crippen molar-refractivity contribution in [1.82, 2.24) is 20.2 Å². The van der Waals surface area contributed by atoms with Gasteiger partial charge in [0, 0.05) is 4.47 Å². The number of anilines is 1. The number of hydrogen-bond donors (Lipinski definition) is 1. The number of aryl methyl sites for hydroxylation is 1. The molecule has 1 aliphatic rings. The summed E-state index contributed by atoms with van der Waals surface area (Å²) in [5.74, 6) is -0.0695. The fraction of sp³-hybridized carbons (Fsp3) is 0.429. The Morgan fingerprint density at radius 2 is 2.27 bits per heavy atom. The van der Waals surface area contributed by atoms with Gasteiger partial charge in [-0.1, -0.05) is 17.8 Å². The molecule has 1 aromatic carbocycles. The molecule has 3 rings (SSSR count). The first-order valence-corrected chi connectivity index (χ1v) is 8.73. The summed E-state index contributed by atoms with van der Waals surface area (Å²) in [6, 6.07) is 6.23. The standard InChI is InChI=1S/C14H16BrN5OS/c1-8-3-6-12(11(15)7-8)16-13(21)9(2)22-14-17-18-19-20(14)10-4-5-10/h3,6-7,9-10H,4-5H2,1-2H3,(H,16,21). The maximum atomic E-state index is 12.3. The number of tetrazole rings is 1. The van der Waals surface area contributed by atoms with Gasteiger partial charge in [0.15, 0.2) is 0 Å². The number of nitrogens with one attached hydrogen (secondary N) is 1. The van der Waals surface area contributed by atoms with Gasteiger partial charge in [-0.2, -0.15) is 0 Å². The Morgan fingerprint density at radius 3 is 2.95 bits per heavy atom. The van der Waals surface area contributed by atoms with Gasteiger partial charge in [-0.15, -0.1) is 5.10 Å². The second-order valence-corrected chi connectivity index (χ2v) is 7.53. The Bertz CT molecular complexity index is 700. The van der Waals surface area contributed by atoms with Gasteiger partial charge in [0.25, 0.3) is 0 Å². The fourth-order valence-electron chi connectivity index (χ4n) is 1.98. The molecule has 1 aliphatic carbocycles. The Labute approximate surface area is 141 Å². The molecule has 0 radical (unpaired) electrons. The molecule has 1 atom stereocenters. The molecule has 0 aliphatic heterocycles. The summed E-state index contributed by atoms with van der Waals surface area (Å²) in [7, 11) is 0. The quantitative estimate of drug-likeness (QED) is 0.804. The first-order chi connectivity index (χ1) is 10.5. The van der Waals surface area contributed by atoms with Crippen molar-refractivity contribution in [2.45, 2.75) is 43.1 Å². The molecule has 1 amide bonds. The summed E-state index contributed by atoms with van der Waals surface area (Å²) < 4.78 is 2.69. The molecule has 6 nitrogen and oxygen atoms in total. The highest BCUT2D eigenvalue weighted by Crippen LogP contribution is 2.37. The van der Waals surface area contributed by atoms with Crippen molar-refractivity contribution >= 4 is 39.3 Å². The van der Waals surface area contributed by atoms with Crippen LogP contribution in [0.1, 0.15) is 31.4 Å². The summed E-state index contributed by atoms with van der Waals surface area (Å²) in [5.41, 5.74) is 1.90. The smallest absolute Gasteiger partial charge is 0.237 e. The number of carbonyl (C=O) groups is 1. The molecule has 116 valence electrons. The highest BCUT2D eigenvalue weighted by Gasteiger charge is 2.29. The van der Waals surface area contributed by atoms with E-state index in [-0.39, 0.29) is 11.2 Å². The molecule has 0 spiro atoms. The summed E-state index contributed by atoms with van der Waals surface area (Å²) in [6.07, 6.45) is 2.21. The second kappa shape index (κ2) is 6.37. The zero-order valence-electron chi connectivity index (χ0n) is 12.3. The van der Waals surface area contributed by atoms with Crippen LogP contribution in [0.2, 0.25) is 0 Å². The van der Waals surface area contributed by atoms with Crippen LogP contribution in [0.25, 0.3) is 0 Å². The van der Waals surface area contributed by atoms with E-state index in [4.69, 9.17) is 0 Å². The van der Waals surface area contributed by atoms with Gasteiger partial charge in [0.05, 0.1) is 17.0 Å². The first kappa shape index (κ1) is 15.5. The molecule has 1 aromatic heterocycles. The molecule has 22 heavy (non-hydrogen) atoms. The van der Waals surface area contributed by atoms with Crippen LogP contribution in [-0.2, 0) is 4.79 Å². The van der Waals surface area contributed by atoms with Gasteiger partial charge in [-0.3, -0.25) is 4.79 Å². The number of carbonyl (C=O) groups excluding carboxylic acids is 1. The zero-order chi connectivity index (χ0) is 15.7. The van der Waals surface area contributed by atoms with E-state index in [1.165, 1.54) is 11.8 Å². The molecule has 8 heteroatoms. The largest absolute Gasteiger partial charge is 0.324 e. The number of benzene rings is 1. The number of aromatic nitrogens is 4. The normalized spacial score (nSPS) is 15.6. The Kier molecular flexibility index (Phi) is 4.49. The minimum absolute atomic E-state index is 0.0695. The highest BCUT2D eigenvalue weighted by molar-refractivity contribution is 9.10. The van der Waals surface area contributed by atoms with Crippen molar-refractivity contribution in [2.75, 3.05) is 5.32 Å². The average molecular weight is 382 g/mol. The summed E-state index contributed by atoms with van der Waals surface area (Å²) in [5, 5.41) is 15.1. The third-order valence-electron chi connectivity index (χ3n) is 3.39. The first-order valence-electron chi connectivity index (χ1n) is 7.06. The summed E-state index contributed by atoms with van der Waals surface area (Å²) in [6.45, 7) is 3.86. The van der Waals surface area contributed by atoms with Crippen LogP contribution in [-0.4, -0.2) is 31.4 Å². The van der Waals surface area contributed by atoms with Crippen molar-refractivity contribution in [3.63, 3.8) is 0 Å². The molecule has 1 fully saturated rings. The van der Waals surface area contributed by atoms with Crippen molar-refractivity contribution in [1.29, 1.82) is 0 Å². The van der Waals surface area contributed by atoms with E-state index in [0.29, 0.717) is 11.2 Å². The Hall–Kier alpha value is -1.41. The Morgan fingerprint density at radius 1 is 1.50 bits per heavy atom. The van der Waals surface area contributed by atoms with Crippen molar-refractivity contribution in [3.8, 4) is 0 Å². The van der Waals surface area contributed by atoms with E-state index in [2.05, 4.69) is 36.8 Å². The molecule has 1 saturated carbocycles. The molecule has 0 bridgehead atoms. The average Bonchev–Trinajstić information content (AvgIpc) is 3.22. The van der Waals surface area contributed by atoms with Gasteiger partial charge in [0.2, 0.25) is 11.1 Å². The van der Waals surface area contributed by atoms with Crippen LogP contribution in [0.5, 0.6) is 0 Å². The van der Waals surface area contributed by atoms with E-state index >= 15 is 0 Å². The fourth-order valence-corrected chi connectivity index (χ4v) is 3.43. The lowest BCUT2D eigenvalue weighted by Crippen LogP contribution is -2.23. The lowest BCUT2D eigenvalue weighted by Gasteiger charge is -2.13. The minimum atomic E-state index is -0.281. The maximum Gasteiger partial charge on any atom is 0.237 e. The van der Waals surface area contributed by atoms with Crippen LogP contribution in [0.15, 0.2) is 27.8 Å². The van der Waals surface area contributed by atoms with Crippen LogP contribution in [0.3, 0.4) is 0 Å². The number of amides is 1. The van der Waals surface area contributed by atoms with E-state index in [0.717, 1.165) is 28.6 Å². The van der Waals surface area contributed by atoms with Crippen molar-refractivity contribution in [2.24, 2.45) is 0 Å². The van der Waals surface area contributed by atoms with Gasteiger partial charge >= 0.3 is 0 Å². The van der Waals surface area contributed by atoms with E-state index in [1.54, 1.807) is 0 Å². The molecule has 2 aromatic rings. The molecular weight excluding hydrogens is 366 g/mol. The number of hydrogen-bond acceptors (Lipinski definition) is 5. The van der Waals surface area contributed by atoms with E-state index < -0.39 is 0 Å². The zero-order valence-corrected chi connectivity index (χ0v) is 14.7. The lowest BCUT2D eigenvalue weighted by atomic mass is 10.2. The molecule has 1 heterocycles. The van der Waals surface area contributed by atoms with Crippen molar-refractivity contribution in [3.05, 3.63) is 28.2 Å². The number of nitrogens with zero attached hydrogens (tertiary/aromatic N) is 4. The monoisotopic (exact) mass is 381 g/mol. The van der Waals surface area contributed by atoms with Crippen LogP contribution in [0, 0.1) is 6.92 Å². The van der Waals surface area contributed by atoms with Crippen LogP contribution >= 0.6 is 27.7 Å². The van der Waals surface area contributed by atoms with Crippen LogP contribution < -0.4 is 5.32 Å². The van der Waals surface area contributed by atoms with Crippen molar-refractivity contribution < 1.29 is 4.79 Å². The maximum absolute atomic E-state index is 12.3. The predicted molar refractivity (Wildman–Crippen MR) is 88.9 cm³/mol. The molecule has 1 N–H and O–H groups in total. The topological polar surface area (TPSA) is 72.7 Å². The minimum Gasteiger partial charge on any atom is -0.324 e. The summed E-state index contributed by atoms with van der Waals surface area (Å²) >= 11 is 4.85. The van der Waals surface area contributed by atoms with Crippen LogP contribution in [0.4, 0.5) is 5.69 Å². The third kappa shape index (κ3) is 3.49. The van der Waals surface area contributed by atoms with Gasteiger partial charge in [-0.05, 0) is 70.7 Å². The van der Waals surface area contributed by atoms with Gasteiger partial charge in [-0.25, -0.2) is 4.68 Å². The SMILES string of the molecule is Cc1ccc(NC(=O)C(C)Sc2nnnn2C2CC2)c(Br)c1. The number of thioether (sulfide) groups is 1. The lowest BCUT2D eigenvalue weighted by molar-refractivity contribution is -0.115. The third-order valence-corrected chi connectivity index (χ3v) is 5.09.